The Morgan fingerprint density at radius 1 is 1.37 bits per heavy atom. The first-order valence-electron chi connectivity index (χ1n) is 8.76. The standard InChI is InChI=1S/C19H26ClFN2O4/c1-11-14(10-22-16(24)15-12(20)8-7-9-13(15)21)23(19(5,6)26-11)17(25)27-18(2,3)4/h7-9,11,14H,10H2,1-6H3,(H,22,24)/t11-,14+/m1/s1. The largest absolute Gasteiger partial charge is 0.444 e. The monoisotopic (exact) mass is 400 g/mol. The van der Waals surface area contributed by atoms with Crippen molar-refractivity contribution in [3.8, 4) is 0 Å². The number of hydrogen-bond donors (Lipinski definition) is 1. The van der Waals surface area contributed by atoms with Crippen molar-refractivity contribution in [2.75, 3.05) is 6.54 Å². The molecule has 0 spiro atoms. The molecule has 1 N–H and O–H groups in total. The molecule has 0 aromatic heterocycles. The number of carbonyl (C=O) groups excluding carboxylic acids is 2. The Morgan fingerprint density at radius 2 is 2.00 bits per heavy atom. The molecule has 1 aromatic rings. The van der Waals surface area contributed by atoms with Gasteiger partial charge in [0.05, 0.1) is 22.7 Å². The van der Waals surface area contributed by atoms with Crippen molar-refractivity contribution in [1.29, 1.82) is 0 Å². The van der Waals surface area contributed by atoms with Crippen molar-refractivity contribution in [3.63, 3.8) is 0 Å². The molecule has 150 valence electrons. The lowest BCUT2D eigenvalue weighted by Gasteiger charge is -2.35. The van der Waals surface area contributed by atoms with E-state index in [1.165, 1.54) is 17.0 Å². The molecule has 2 amide bonds. The van der Waals surface area contributed by atoms with Crippen molar-refractivity contribution >= 4 is 23.6 Å². The minimum absolute atomic E-state index is 0.0209. The van der Waals surface area contributed by atoms with Crippen LogP contribution in [0.2, 0.25) is 5.02 Å². The van der Waals surface area contributed by atoms with Crippen molar-refractivity contribution in [2.45, 2.75) is 65.0 Å². The third-order valence-electron chi connectivity index (χ3n) is 4.18. The maximum Gasteiger partial charge on any atom is 0.412 e. The van der Waals surface area contributed by atoms with Crippen LogP contribution in [0, 0.1) is 5.82 Å². The quantitative estimate of drug-likeness (QED) is 0.833. The highest BCUT2D eigenvalue weighted by molar-refractivity contribution is 6.33. The molecule has 1 aliphatic heterocycles. The van der Waals surface area contributed by atoms with Crippen molar-refractivity contribution in [2.24, 2.45) is 0 Å². The van der Waals surface area contributed by atoms with E-state index in [2.05, 4.69) is 5.32 Å². The van der Waals surface area contributed by atoms with Gasteiger partial charge >= 0.3 is 6.09 Å². The van der Waals surface area contributed by atoms with E-state index in [4.69, 9.17) is 21.1 Å². The fraction of sp³-hybridized carbons (Fsp3) is 0.579. The molecule has 8 heteroatoms. The van der Waals surface area contributed by atoms with Crippen LogP contribution < -0.4 is 5.32 Å². The van der Waals surface area contributed by atoms with Crippen LogP contribution in [0.4, 0.5) is 9.18 Å². The molecule has 1 heterocycles. The number of nitrogens with one attached hydrogen (secondary N) is 1. The van der Waals surface area contributed by atoms with E-state index < -0.39 is 35.2 Å². The minimum Gasteiger partial charge on any atom is -0.444 e. The van der Waals surface area contributed by atoms with Gasteiger partial charge in [-0.15, -0.1) is 0 Å². The second-order valence-electron chi connectivity index (χ2n) is 7.99. The lowest BCUT2D eigenvalue weighted by Crippen LogP contribution is -2.53. The molecule has 27 heavy (non-hydrogen) atoms. The van der Waals surface area contributed by atoms with Gasteiger partial charge in [0.1, 0.15) is 17.1 Å². The fourth-order valence-electron chi connectivity index (χ4n) is 3.12. The van der Waals surface area contributed by atoms with Crippen LogP contribution >= 0.6 is 11.6 Å². The molecule has 0 radical (unpaired) electrons. The Morgan fingerprint density at radius 3 is 2.56 bits per heavy atom. The maximum atomic E-state index is 13.9. The molecule has 1 fully saturated rings. The van der Waals surface area contributed by atoms with Gasteiger partial charge in [-0.05, 0) is 53.7 Å². The summed E-state index contributed by atoms with van der Waals surface area (Å²) in [7, 11) is 0. The van der Waals surface area contributed by atoms with Crippen molar-refractivity contribution in [3.05, 3.63) is 34.6 Å². The zero-order valence-corrected chi connectivity index (χ0v) is 17.2. The van der Waals surface area contributed by atoms with Gasteiger partial charge in [-0.2, -0.15) is 0 Å². The van der Waals surface area contributed by atoms with Gasteiger partial charge in [-0.3, -0.25) is 9.69 Å². The second kappa shape index (κ2) is 7.64. The van der Waals surface area contributed by atoms with E-state index in [1.807, 2.05) is 0 Å². The number of halogens is 2. The average Bonchev–Trinajstić information content (AvgIpc) is 2.71. The molecule has 0 bridgehead atoms. The van der Waals surface area contributed by atoms with Crippen LogP contribution in [0.5, 0.6) is 0 Å². The Labute approximate surface area is 163 Å². The van der Waals surface area contributed by atoms with Gasteiger partial charge in [-0.25, -0.2) is 9.18 Å². The Hall–Kier alpha value is -1.86. The molecular weight excluding hydrogens is 375 g/mol. The average molecular weight is 401 g/mol. The van der Waals surface area contributed by atoms with Crippen LogP contribution in [0.15, 0.2) is 18.2 Å². The number of ether oxygens (including phenoxy) is 2. The number of carbonyl (C=O) groups is 2. The molecule has 0 saturated carbocycles. The smallest absolute Gasteiger partial charge is 0.412 e. The van der Waals surface area contributed by atoms with Crippen LogP contribution in [0.1, 0.15) is 51.9 Å². The van der Waals surface area contributed by atoms with Gasteiger partial charge in [0, 0.05) is 6.54 Å². The van der Waals surface area contributed by atoms with Gasteiger partial charge < -0.3 is 14.8 Å². The third kappa shape index (κ3) is 4.90. The third-order valence-corrected chi connectivity index (χ3v) is 4.49. The number of hydrogen-bond acceptors (Lipinski definition) is 4. The number of nitrogens with zero attached hydrogens (tertiary/aromatic N) is 1. The zero-order valence-electron chi connectivity index (χ0n) is 16.4. The Bertz CT molecular complexity index is 713. The first-order valence-corrected chi connectivity index (χ1v) is 9.13. The summed E-state index contributed by atoms with van der Waals surface area (Å²) in [6.07, 6.45) is -0.899. The van der Waals surface area contributed by atoms with Crippen molar-refractivity contribution in [1.82, 2.24) is 10.2 Å². The Balaban J connectivity index is 2.17. The molecule has 2 rings (SSSR count). The molecule has 0 unspecified atom stereocenters. The normalized spacial score (nSPS) is 21.9. The lowest BCUT2D eigenvalue weighted by atomic mass is 10.1. The summed E-state index contributed by atoms with van der Waals surface area (Å²) in [5.74, 6) is -1.36. The minimum atomic E-state index is -0.910. The SMILES string of the molecule is C[C@H]1OC(C)(C)N(C(=O)OC(C)(C)C)[C@H]1CNC(=O)c1c(F)cccc1Cl. The van der Waals surface area contributed by atoms with E-state index in [0.29, 0.717) is 0 Å². The predicted molar refractivity (Wildman–Crippen MR) is 100 cm³/mol. The number of benzene rings is 1. The second-order valence-corrected chi connectivity index (χ2v) is 8.40. The molecule has 6 nitrogen and oxygen atoms in total. The summed E-state index contributed by atoms with van der Waals surface area (Å²) in [6, 6.07) is 3.55. The topological polar surface area (TPSA) is 67.9 Å². The molecule has 2 atom stereocenters. The fourth-order valence-corrected chi connectivity index (χ4v) is 3.37. The van der Waals surface area contributed by atoms with Crippen molar-refractivity contribution < 1.29 is 23.5 Å². The number of rotatable bonds is 3. The van der Waals surface area contributed by atoms with Crippen LogP contribution in [0.25, 0.3) is 0 Å². The molecule has 0 aliphatic carbocycles. The highest BCUT2D eigenvalue weighted by atomic mass is 35.5. The molecule has 1 aliphatic rings. The van der Waals surface area contributed by atoms with E-state index >= 15 is 0 Å². The Kier molecular flexibility index (Phi) is 6.06. The van der Waals surface area contributed by atoms with Crippen LogP contribution in [0.3, 0.4) is 0 Å². The summed E-state index contributed by atoms with van der Waals surface area (Å²) in [5.41, 5.74) is -1.81. The lowest BCUT2D eigenvalue weighted by molar-refractivity contribution is -0.0756. The van der Waals surface area contributed by atoms with Gasteiger partial charge in [-0.1, -0.05) is 17.7 Å². The summed E-state index contributed by atoms with van der Waals surface area (Å²) in [4.78, 5) is 26.6. The summed E-state index contributed by atoms with van der Waals surface area (Å²) >= 11 is 5.94. The number of amides is 2. The molecule has 1 saturated heterocycles. The van der Waals surface area contributed by atoms with E-state index in [-0.39, 0.29) is 23.2 Å². The van der Waals surface area contributed by atoms with Gasteiger partial charge in [0.15, 0.2) is 0 Å². The highest BCUT2D eigenvalue weighted by Gasteiger charge is 2.49. The van der Waals surface area contributed by atoms with Crippen LogP contribution in [-0.2, 0) is 9.47 Å². The summed E-state index contributed by atoms with van der Waals surface area (Å²) in [6.45, 7) is 10.7. The molecular formula is C19H26ClFN2O4. The summed E-state index contributed by atoms with van der Waals surface area (Å²) in [5, 5.41) is 2.67. The summed E-state index contributed by atoms with van der Waals surface area (Å²) < 4.78 is 25.3. The first kappa shape index (κ1) is 21.4. The van der Waals surface area contributed by atoms with Gasteiger partial charge in [0.2, 0.25) is 0 Å². The zero-order chi connectivity index (χ0) is 20.6. The first-order chi connectivity index (χ1) is 12.3. The molecule has 1 aromatic carbocycles. The maximum absolute atomic E-state index is 13.9. The predicted octanol–water partition coefficient (Wildman–Crippen LogP) is 3.97. The highest BCUT2D eigenvalue weighted by Crippen LogP contribution is 2.33. The van der Waals surface area contributed by atoms with E-state index in [0.717, 1.165) is 6.07 Å². The van der Waals surface area contributed by atoms with E-state index in [9.17, 15) is 14.0 Å². The van der Waals surface area contributed by atoms with Crippen LogP contribution in [-0.4, -0.2) is 46.9 Å². The van der Waals surface area contributed by atoms with Gasteiger partial charge in [0.25, 0.3) is 5.91 Å². The van der Waals surface area contributed by atoms with E-state index in [1.54, 1.807) is 41.5 Å².